The van der Waals surface area contributed by atoms with Gasteiger partial charge in [0, 0.05) is 10.7 Å². The Hall–Kier alpha value is -3.04. The Balaban J connectivity index is 1.91. The zero-order valence-corrected chi connectivity index (χ0v) is 16.0. The Kier molecular flexibility index (Phi) is 5.57. The number of nitrogens with one attached hydrogen (secondary N) is 1. The highest BCUT2D eigenvalue weighted by atomic mass is 16.5. The highest BCUT2D eigenvalue weighted by Crippen LogP contribution is 2.35. The average molecular weight is 377 g/mol. The van der Waals surface area contributed by atoms with E-state index in [4.69, 9.17) is 8.85 Å². The minimum absolute atomic E-state index is 0.244. The van der Waals surface area contributed by atoms with Crippen molar-refractivity contribution in [1.82, 2.24) is 5.32 Å². The van der Waals surface area contributed by atoms with Gasteiger partial charge >= 0.3 is 0 Å². The molecule has 0 heterocycles. The molecular weight excluding hydrogens is 346 g/mol. The second-order valence-electron chi connectivity index (χ2n) is 6.42. The van der Waals surface area contributed by atoms with E-state index in [1.807, 2.05) is 54.6 Å². The van der Waals surface area contributed by atoms with Crippen LogP contribution < -0.4 is 10.1 Å². The van der Waals surface area contributed by atoms with Crippen molar-refractivity contribution in [3.8, 4) is 11.5 Å². The molecule has 0 fully saturated rings. The van der Waals surface area contributed by atoms with E-state index in [-0.39, 0.29) is 18.9 Å². The van der Waals surface area contributed by atoms with Gasteiger partial charge in [-0.2, -0.15) is 0 Å². The summed E-state index contributed by atoms with van der Waals surface area (Å²) in [7, 11) is 0. The molecule has 3 aromatic rings. The van der Waals surface area contributed by atoms with Crippen LogP contribution in [-0.2, 0) is 0 Å². The summed E-state index contributed by atoms with van der Waals surface area (Å²) in [6, 6.07) is 25.4. The fraction of sp³-hybridized carbons (Fsp3) is 0.200. The monoisotopic (exact) mass is 376 g/mol. The molecule has 144 valence electrons. The first-order chi connectivity index (χ1) is 14.9. The first kappa shape index (κ1) is 16.0. The maximum Gasteiger partial charge on any atom is 0.119 e. The molecule has 3 aromatic carbocycles. The first-order valence-corrected chi connectivity index (χ1v) is 9.43. The minimum Gasteiger partial charge on any atom is -0.508 e. The molecule has 0 bridgehead atoms. The highest BCUT2D eigenvalue weighted by molar-refractivity contribution is 5.98. The summed E-state index contributed by atoms with van der Waals surface area (Å²) in [6.45, 7) is 0.481. The van der Waals surface area contributed by atoms with Crippen LogP contribution in [0.1, 0.15) is 34.1 Å². The van der Waals surface area contributed by atoms with Crippen LogP contribution in [0.4, 0.5) is 0 Å². The molecule has 0 unspecified atom stereocenters. The zero-order valence-electron chi connectivity index (χ0n) is 19.0. The predicted molar refractivity (Wildman–Crippen MR) is 117 cm³/mol. The number of phenols is 1. The van der Waals surface area contributed by atoms with Crippen molar-refractivity contribution >= 4 is 11.1 Å². The van der Waals surface area contributed by atoms with E-state index < -0.39 is 6.98 Å². The lowest BCUT2D eigenvalue weighted by molar-refractivity contribution is 0.318. The van der Waals surface area contributed by atoms with Gasteiger partial charge in [-0.05, 0) is 65.5 Å². The molecular formula is C25H27NO2. The van der Waals surface area contributed by atoms with Gasteiger partial charge in [-0.1, -0.05) is 61.5 Å². The molecule has 2 N–H and O–H groups in total. The average Bonchev–Trinajstić information content (AvgIpc) is 2.76. The van der Waals surface area contributed by atoms with Crippen LogP contribution in [0.5, 0.6) is 11.5 Å². The van der Waals surface area contributed by atoms with E-state index in [0.29, 0.717) is 5.75 Å². The Bertz CT molecular complexity index is 996. The van der Waals surface area contributed by atoms with Crippen molar-refractivity contribution in [1.29, 1.82) is 0 Å². The Morgan fingerprint density at radius 3 is 2.18 bits per heavy atom. The van der Waals surface area contributed by atoms with E-state index in [9.17, 15) is 5.11 Å². The third-order valence-electron chi connectivity index (χ3n) is 4.57. The molecule has 28 heavy (non-hydrogen) atoms. The van der Waals surface area contributed by atoms with Gasteiger partial charge in [-0.3, -0.25) is 0 Å². The van der Waals surface area contributed by atoms with Gasteiger partial charge in [0.1, 0.15) is 18.1 Å². The molecule has 0 radical (unpaired) electrons. The van der Waals surface area contributed by atoms with E-state index in [1.165, 1.54) is 5.57 Å². The molecule has 0 aromatic heterocycles. The number of likely N-dealkylation sites (N-methyl/N-ethyl adjacent to an activating group) is 1. The summed E-state index contributed by atoms with van der Waals surface area (Å²) >= 11 is 0. The lowest BCUT2D eigenvalue weighted by atomic mass is 9.88. The summed E-state index contributed by atoms with van der Waals surface area (Å²) in [4.78, 5) is 0. The number of aromatic hydroxyl groups is 1. The van der Waals surface area contributed by atoms with Crippen LogP contribution in [0, 0.1) is 0 Å². The highest BCUT2D eigenvalue weighted by Gasteiger charge is 2.13. The predicted octanol–water partition coefficient (Wildman–Crippen LogP) is 5.36. The quantitative estimate of drug-likeness (QED) is 0.411. The van der Waals surface area contributed by atoms with Crippen molar-refractivity contribution in [3.05, 3.63) is 95.6 Å². The molecule has 0 saturated carbocycles. The van der Waals surface area contributed by atoms with Gasteiger partial charge in [-0.25, -0.2) is 0 Å². The van der Waals surface area contributed by atoms with E-state index in [2.05, 4.69) is 24.4 Å². The van der Waals surface area contributed by atoms with Crippen LogP contribution >= 0.6 is 0 Å². The van der Waals surface area contributed by atoms with Crippen molar-refractivity contribution in [3.63, 3.8) is 0 Å². The third-order valence-corrected chi connectivity index (χ3v) is 4.57. The molecule has 3 rings (SSSR count). The molecule has 0 amide bonds. The normalized spacial score (nSPS) is 13.8. The van der Waals surface area contributed by atoms with Crippen LogP contribution in [0.2, 0.25) is 0 Å². The number of benzene rings is 3. The second kappa shape index (κ2) is 9.77. The van der Waals surface area contributed by atoms with Crippen LogP contribution in [-0.4, -0.2) is 25.2 Å². The van der Waals surface area contributed by atoms with Gasteiger partial charge < -0.3 is 15.2 Å². The summed E-state index contributed by atoms with van der Waals surface area (Å²) in [5, 5.41) is 12.1. The number of hydrogen-bond donors (Lipinski definition) is 2. The van der Waals surface area contributed by atoms with Crippen molar-refractivity contribution in [2.75, 3.05) is 20.1 Å². The summed E-state index contributed by atoms with van der Waals surface area (Å²) < 4.78 is 27.2. The van der Waals surface area contributed by atoms with Crippen molar-refractivity contribution < 1.29 is 14.0 Å². The SMILES string of the molecule is [2H]C([2H])([2H])NCCOc1ccc(C(=C(CC)c2ccc(O)cc2)c2ccccc2)cc1. The smallest absolute Gasteiger partial charge is 0.119 e. The number of ether oxygens (including phenoxy) is 1. The fourth-order valence-electron chi connectivity index (χ4n) is 3.25. The Morgan fingerprint density at radius 2 is 1.54 bits per heavy atom. The molecule has 0 aliphatic rings. The standard InChI is InChI=1S/C25H27NO2/c1-3-24(19-9-13-22(27)14-10-19)25(20-7-5-4-6-8-20)21-11-15-23(16-12-21)28-18-17-26-2/h4-16,26-27H,3,17-18H2,1-2H3/i2D3. The first-order valence-electron chi connectivity index (χ1n) is 10.9. The van der Waals surface area contributed by atoms with Crippen LogP contribution in [0.25, 0.3) is 11.1 Å². The number of allylic oxidation sites excluding steroid dienone is 1. The number of hydrogen-bond acceptors (Lipinski definition) is 3. The van der Waals surface area contributed by atoms with Gasteiger partial charge in [0.05, 0.1) is 0 Å². The Morgan fingerprint density at radius 1 is 0.893 bits per heavy atom. The molecule has 0 spiro atoms. The zero-order chi connectivity index (χ0) is 22.3. The molecule has 0 aliphatic carbocycles. The lowest BCUT2D eigenvalue weighted by Crippen LogP contribution is -2.15. The maximum absolute atomic E-state index is 9.68. The molecule has 0 aliphatic heterocycles. The van der Waals surface area contributed by atoms with E-state index >= 15 is 0 Å². The molecule has 3 nitrogen and oxygen atoms in total. The van der Waals surface area contributed by atoms with Crippen LogP contribution in [0.15, 0.2) is 78.9 Å². The summed E-state index contributed by atoms with van der Waals surface area (Å²) in [6.07, 6.45) is 0.827. The Labute approximate surface area is 171 Å². The summed E-state index contributed by atoms with van der Waals surface area (Å²) in [5.41, 5.74) is 5.55. The third kappa shape index (κ3) is 4.81. The molecule has 3 heteroatoms. The van der Waals surface area contributed by atoms with Crippen molar-refractivity contribution in [2.24, 2.45) is 0 Å². The largest absolute Gasteiger partial charge is 0.508 e. The van der Waals surface area contributed by atoms with Crippen molar-refractivity contribution in [2.45, 2.75) is 13.3 Å². The van der Waals surface area contributed by atoms with Crippen LogP contribution in [0.3, 0.4) is 0 Å². The topological polar surface area (TPSA) is 41.5 Å². The minimum atomic E-state index is -2.16. The maximum atomic E-state index is 9.68. The molecule has 0 saturated heterocycles. The van der Waals surface area contributed by atoms with E-state index in [0.717, 1.165) is 28.7 Å². The number of rotatable bonds is 8. The van der Waals surface area contributed by atoms with Gasteiger partial charge in [0.15, 0.2) is 0 Å². The summed E-state index contributed by atoms with van der Waals surface area (Å²) in [5.74, 6) is 0.932. The number of phenolic OH excluding ortho intramolecular Hbond substituents is 1. The van der Waals surface area contributed by atoms with Gasteiger partial charge in [0.25, 0.3) is 0 Å². The fourth-order valence-corrected chi connectivity index (χ4v) is 3.25. The van der Waals surface area contributed by atoms with E-state index in [1.54, 1.807) is 12.1 Å². The molecule has 0 atom stereocenters. The van der Waals surface area contributed by atoms with Gasteiger partial charge in [0.2, 0.25) is 0 Å². The van der Waals surface area contributed by atoms with Gasteiger partial charge in [-0.15, -0.1) is 0 Å². The lowest BCUT2D eigenvalue weighted by Gasteiger charge is -2.17. The second-order valence-corrected chi connectivity index (χ2v) is 6.42.